The predicted molar refractivity (Wildman–Crippen MR) is 106 cm³/mol. The molecule has 0 bridgehead atoms. The minimum atomic E-state index is -0.303. The predicted octanol–water partition coefficient (Wildman–Crippen LogP) is 3.96. The molecule has 0 saturated heterocycles. The average Bonchev–Trinajstić information content (AvgIpc) is 3.04. The molecule has 1 heterocycles. The third-order valence-electron chi connectivity index (χ3n) is 3.97. The zero-order valence-electron chi connectivity index (χ0n) is 15.8. The van der Waals surface area contributed by atoms with Crippen molar-refractivity contribution in [2.24, 2.45) is 0 Å². The van der Waals surface area contributed by atoms with Gasteiger partial charge >= 0.3 is 0 Å². The maximum atomic E-state index is 12.5. The van der Waals surface area contributed by atoms with Crippen LogP contribution in [0.1, 0.15) is 41.6 Å². The topological polar surface area (TPSA) is 83.2 Å². The lowest BCUT2D eigenvalue weighted by molar-refractivity contribution is 0.0919. The van der Waals surface area contributed by atoms with Crippen LogP contribution >= 0.6 is 0 Å². The Morgan fingerprint density at radius 3 is 2.30 bits per heavy atom. The molecule has 6 heteroatoms. The van der Waals surface area contributed by atoms with Crippen molar-refractivity contribution in [1.29, 1.82) is 0 Å². The molecular formula is C21H23N3O3. The van der Waals surface area contributed by atoms with E-state index in [1.165, 1.54) is 0 Å². The second-order valence-corrected chi connectivity index (χ2v) is 7.37. The molecule has 0 aliphatic carbocycles. The van der Waals surface area contributed by atoms with Crippen molar-refractivity contribution in [3.63, 3.8) is 0 Å². The Morgan fingerprint density at radius 1 is 0.963 bits per heavy atom. The normalized spacial score (nSPS) is 11.3. The second kappa shape index (κ2) is 7.15. The molecular weight excluding hydrogens is 342 g/mol. The molecule has 0 radical (unpaired) electrons. The van der Waals surface area contributed by atoms with Crippen LogP contribution in [0.15, 0.2) is 48.5 Å². The number of fused-ring (bicyclic) bond motifs is 1. The van der Waals surface area contributed by atoms with Gasteiger partial charge in [0.05, 0.1) is 7.11 Å². The van der Waals surface area contributed by atoms with E-state index in [9.17, 15) is 9.59 Å². The number of amides is 2. The summed E-state index contributed by atoms with van der Waals surface area (Å²) >= 11 is 0. The molecule has 6 nitrogen and oxygen atoms in total. The van der Waals surface area contributed by atoms with Crippen LogP contribution in [-0.2, 0) is 0 Å². The Bertz CT molecular complexity index is 982. The van der Waals surface area contributed by atoms with E-state index in [1.807, 2.05) is 39.0 Å². The number of nitrogens with one attached hydrogen (secondary N) is 3. The number of hydrogen-bond acceptors (Lipinski definition) is 3. The monoisotopic (exact) mass is 365 g/mol. The molecule has 0 fully saturated rings. The lowest BCUT2D eigenvalue weighted by Crippen LogP contribution is -2.40. The number of hydrogen-bond donors (Lipinski definition) is 3. The van der Waals surface area contributed by atoms with Crippen LogP contribution in [0.25, 0.3) is 10.9 Å². The van der Waals surface area contributed by atoms with Crippen LogP contribution in [0.5, 0.6) is 5.75 Å². The molecule has 1 aromatic heterocycles. The van der Waals surface area contributed by atoms with Crippen LogP contribution in [0.4, 0.5) is 5.69 Å². The van der Waals surface area contributed by atoms with Gasteiger partial charge in [0.1, 0.15) is 11.4 Å². The average molecular weight is 365 g/mol. The smallest absolute Gasteiger partial charge is 0.272 e. The van der Waals surface area contributed by atoms with Crippen molar-refractivity contribution in [3.8, 4) is 5.75 Å². The van der Waals surface area contributed by atoms with Gasteiger partial charge in [0, 0.05) is 33.8 Å². The number of carbonyl (C=O) groups excluding carboxylic acids is 2. The van der Waals surface area contributed by atoms with Gasteiger partial charge in [-0.25, -0.2) is 0 Å². The fourth-order valence-corrected chi connectivity index (χ4v) is 2.67. The molecule has 3 N–H and O–H groups in total. The summed E-state index contributed by atoms with van der Waals surface area (Å²) < 4.78 is 5.20. The molecule has 3 rings (SSSR count). The maximum Gasteiger partial charge on any atom is 0.272 e. The first-order chi connectivity index (χ1) is 12.7. The van der Waals surface area contributed by atoms with E-state index in [0.717, 1.165) is 16.7 Å². The minimum Gasteiger partial charge on any atom is -0.497 e. The minimum absolute atomic E-state index is 0.148. The molecule has 140 valence electrons. The second-order valence-electron chi connectivity index (χ2n) is 7.37. The summed E-state index contributed by atoms with van der Waals surface area (Å²) in [6, 6.07) is 14.2. The Morgan fingerprint density at radius 2 is 1.67 bits per heavy atom. The molecule has 0 saturated carbocycles. The van der Waals surface area contributed by atoms with Gasteiger partial charge in [0.25, 0.3) is 11.8 Å². The molecule has 0 spiro atoms. The highest BCUT2D eigenvalue weighted by atomic mass is 16.5. The van der Waals surface area contributed by atoms with E-state index in [-0.39, 0.29) is 17.4 Å². The number of benzene rings is 2. The van der Waals surface area contributed by atoms with Crippen LogP contribution in [0, 0.1) is 0 Å². The van der Waals surface area contributed by atoms with E-state index < -0.39 is 0 Å². The van der Waals surface area contributed by atoms with Gasteiger partial charge in [-0.2, -0.15) is 0 Å². The highest BCUT2D eigenvalue weighted by Gasteiger charge is 2.15. The third kappa shape index (κ3) is 4.47. The summed E-state index contributed by atoms with van der Waals surface area (Å²) in [5, 5.41) is 6.66. The van der Waals surface area contributed by atoms with Crippen LogP contribution in [0.2, 0.25) is 0 Å². The largest absolute Gasteiger partial charge is 0.497 e. The van der Waals surface area contributed by atoms with Gasteiger partial charge in [-0.3, -0.25) is 9.59 Å². The van der Waals surface area contributed by atoms with Crippen molar-refractivity contribution in [2.45, 2.75) is 26.3 Å². The molecule has 0 unspecified atom stereocenters. The van der Waals surface area contributed by atoms with E-state index in [2.05, 4.69) is 15.6 Å². The van der Waals surface area contributed by atoms with E-state index in [0.29, 0.717) is 16.9 Å². The highest BCUT2D eigenvalue weighted by Crippen LogP contribution is 2.22. The lowest BCUT2D eigenvalue weighted by Gasteiger charge is -2.20. The summed E-state index contributed by atoms with van der Waals surface area (Å²) in [7, 11) is 1.60. The van der Waals surface area contributed by atoms with Gasteiger partial charge in [-0.05, 0) is 63.2 Å². The number of H-pyrrole nitrogens is 1. The van der Waals surface area contributed by atoms with Crippen molar-refractivity contribution >= 4 is 28.4 Å². The molecule has 3 aromatic rings. The zero-order valence-corrected chi connectivity index (χ0v) is 15.8. The van der Waals surface area contributed by atoms with Crippen molar-refractivity contribution in [1.82, 2.24) is 10.3 Å². The standard InChI is InChI=1S/C21H23N3O3/c1-21(2,3)24-19(25)13-5-8-15(9-6-13)22-20(26)18-11-14-7-10-16(27-4)12-17(14)23-18/h5-12,23H,1-4H3,(H,22,26)(H,24,25). The van der Waals surface area contributed by atoms with Gasteiger partial charge in [0.15, 0.2) is 0 Å². The number of aromatic amines is 1. The third-order valence-corrected chi connectivity index (χ3v) is 3.97. The fourth-order valence-electron chi connectivity index (χ4n) is 2.67. The first kappa shape index (κ1) is 18.5. The molecule has 27 heavy (non-hydrogen) atoms. The van der Waals surface area contributed by atoms with Crippen LogP contribution in [-0.4, -0.2) is 29.4 Å². The fraction of sp³-hybridized carbons (Fsp3) is 0.238. The number of aromatic nitrogens is 1. The summed E-state index contributed by atoms with van der Waals surface area (Å²) in [5.41, 5.74) is 2.13. The van der Waals surface area contributed by atoms with E-state index in [4.69, 9.17) is 4.74 Å². The van der Waals surface area contributed by atoms with Gasteiger partial charge in [-0.15, -0.1) is 0 Å². The molecule has 0 aliphatic heterocycles. The van der Waals surface area contributed by atoms with E-state index >= 15 is 0 Å². The van der Waals surface area contributed by atoms with Crippen molar-refractivity contribution in [2.75, 3.05) is 12.4 Å². The summed E-state index contributed by atoms with van der Waals surface area (Å²) in [4.78, 5) is 27.7. The first-order valence-electron chi connectivity index (χ1n) is 8.66. The Balaban J connectivity index is 1.71. The van der Waals surface area contributed by atoms with Crippen LogP contribution < -0.4 is 15.4 Å². The molecule has 0 atom stereocenters. The number of methoxy groups -OCH3 is 1. The van der Waals surface area contributed by atoms with Crippen LogP contribution in [0.3, 0.4) is 0 Å². The number of ether oxygens (including phenoxy) is 1. The first-order valence-corrected chi connectivity index (χ1v) is 8.66. The lowest BCUT2D eigenvalue weighted by atomic mass is 10.1. The number of carbonyl (C=O) groups is 2. The molecule has 2 amide bonds. The number of rotatable bonds is 4. The quantitative estimate of drug-likeness (QED) is 0.654. The van der Waals surface area contributed by atoms with Gasteiger partial charge in [0.2, 0.25) is 0 Å². The number of anilines is 1. The molecule has 2 aromatic carbocycles. The highest BCUT2D eigenvalue weighted by molar-refractivity contribution is 6.06. The Hall–Kier alpha value is -3.28. The van der Waals surface area contributed by atoms with Crippen molar-refractivity contribution in [3.05, 3.63) is 59.8 Å². The summed E-state index contributed by atoms with van der Waals surface area (Å²) in [5.74, 6) is 0.322. The summed E-state index contributed by atoms with van der Waals surface area (Å²) in [6.45, 7) is 5.78. The molecule has 0 aliphatic rings. The van der Waals surface area contributed by atoms with Crippen molar-refractivity contribution < 1.29 is 14.3 Å². The summed E-state index contributed by atoms with van der Waals surface area (Å²) in [6.07, 6.45) is 0. The van der Waals surface area contributed by atoms with Gasteiger partial charge in [-0.1, -0.05) is 0 Å². The Labute approximate surface area is 157 Å². The SMILES string of the molecule is COc1ccc2cc(C(=O)Nc3ccc(C(=O)NC(C)(C)C)cc3)[nH]c2c1. The maximum absolute atomic E-state index is 12.5. The zero-order chi connectivity index (χ0) is 19.6. The van der Waals surface area contributed by atoms with E-state index in [1.54, 1.807) is 37.4 Å². The van der Waals surface area contributed by atoms with Gasteiger partial charge < -0.3 is 20.4 Å². The Kier molecular flexibility index (Phi) is 4.90.